The number of halogens is 2. The number of thioether (sulfide) groups is 1. The summed E-state index contributed by atoms with van der Waals surface area (Å²) >= 11 is 13.9. The molecule has 0 aromatic heterocycles. The molecule has 0 saturated heterocycles. The van der Waals surface area contributed by atoms with Gasteiger partial charge in [-0.25, -0.2) is 8.42 Å². The number of rotatable bonds is 15. The molecule has 2 amide bonds. The number of carbonyl (C=O) groups excluding carboxylic acids is 2. The van der Waals surface area contributed by atoms with Crippen LogP contribution >= 0.6 is 35.0 Å². The van der Waals surface area contributed by atoms with E-state index in [1.54, 1.807) is 68.4 Å². The second-order valence-corrected chi connectivity index (χ2v) is 13.1. The van der Waals surface area contributed by atoms with Gasteiger partial charge in [-0.15, -0.1) is 11.8 Å². The van der Waals surface area contributed by atoms with Crippen molar-refractivity contribution in [3.8, 4) is 5.75 Å². The maximum Gasteiger partial charge on any atom is 0.264 e. The fourth-order valence-electron chi connectivity index (χ4n) is 4.45. The Morgan fingerprint density at radius 2 is 1.67 bits per heavy atom. The maximum absolute atomic E-state index is 14.2. The van der Waals surface area contributed by atoms with Gasteiger partial charge in [-0.2, -0.15) is 0 Å². The maximum atomic E-state index is 14.2. The Bertz CT molecular complexity index is 1500. The zero-order valence-electron chi connectivity index (χ0n) is 24.7. The summed E-state index contributed by atoms with van der Waals surface area (Å²) < 4.78 is 35.2. The minimum atomic E-state index is -4.24. The van der Waals surface area contributed by atoms with Crippen LogP contribution in [0.4, 0.5) is 5.69 Å². The Hall–Kier alpha value is -2.92. The molecular formula is C31H37Cl2N3O5S2. The normalized spacial score (nSPS) is 12.0. The molecule has 3 aromatic carbocycles. The average Bonchev–Trinajstić information content (AvgIpc) is 3.00. The summed E-state index contributed by atoms with van der Waals surface area (Å²) in [5, 5.41) is 3.53. The molecular weight excluding hydrogens is 629 g/mol. The number of sulfonamides is 1. The van der Waals surface area contributed by atoms with Crippen molar-refractivity contribution < 1.29 is 22.7 Å². The molecule has 12 heteroatoms. The lowest BCUT2D eigenvalue weighted by molar-refractivity contribution is -0.140. The first kappa shape index (κ1) is 34.6. The van der Waals surface area contributed by atoms with Crippen LogP contribution in [0.25, 0.3) is 0 Å². The number of para-hydroxylation sites is 2. The van der Waals surface area contributed by atoms with E-state index in [0.29, 0.717) is 40.9 Å². The summed E-state index contributed by atoms with van der Waals surface area (Å²) in [7, 11) is -4.24. The summed E-state index contributed by atoms with van der Waals surface area (Å²) in [5.74, 6) is -0.583. The van der Waals surface area contributed by atoms with Gasteiger partial charge in [0.1, 0.15) is 18.3 Å². The molecule has 0 bridgehead atoms. The van der Waals surface area contributed by atoms with E-state index in [0.717, 1.165) is 15.6 Å². The molecule has 0 saturated carbocycles. The molecule has 1 N–H and O–H groups in total. The number of nitrogens with zero attached hydrogens (tertiary/aromatic N) is 2. The molecule has 1 atom stereocenters. The summed E-state index contributed by atoms with van der Waals surface area (Å²) in [5.41, 5.74) is 0.853. The van der Waals surface area contributed by atoms with Gasteiger partial charge in [-0.1, -0.05) is 55.2 Å². The van der Waals surface area contributed by atoms with Gasteiger partial charge in [-0.3, -0.25) is 13.9 Å². The molecule has 0 heterocycles. The monoisotopic (exact) mass is 665 g/mol. The predicted octanol–water partition coefficient (Wildman–Crippen LogP) is 6.64. The highest BCUT2D eigenvalue weighted by Gasteiger charge is 2.34. The van der Waals surface area contributed by atoms with Crippen molar-refractivity contribution in [1.82, 2.24) is 10.2 Å². The molecule has 0 radical (unpaired) electrons. The van der Waals surface area contributed by atoms with Crippen molar-refractivity contribution in [2.24, 2.45) is 0 Å². The highest BCUT2D eigenvalue weighted by Crippen LogP contribution is 2.33. The minimum absolute atomic E-state index is 0.0111. The zero-order chi connectivity index (χ0) is 31.6. The minimum Gasteiger partial charge on any atom is -0.492 e. The van der Waals surface area contributed by atoms with Crippen LogP contribution in [0.1, 0.15) is 39.2 Å². The predicted molar refractivity (Wildman–Crippen MR) is 175 cm³/mol. The number of amides is 2. The van der Waals surface area contributed by atoms with E-state index >= 15 is 0 Å². The molecule has 0 aliphatic carbocycles. The van der Waals surface area contributed by atoms with E-state index in [4.69, 9.17) is 27.9 Å². The molecule has 0 aliphatic heterocycles. The van der Waals surface area contributed by atoms with Gasteiger partial charge in [0.2, 0.25) is 11.8 Å². The molecule has 3 rings (SSSR count). The summed E-state index contributed by atoms with van der Waals surface area (Å²) in [4.78, 5) is 29.8. The van der Waals surface area contributed by atoms with Crippen molar-refractivity contribution in [1.29, 1.82) is 0 Å². The third-order valence-electron chi connectivity index (χ3n) is 6.63. The van der Waals surface area contributed by atoms with E-state index in [-0.39, 0.29) is 23.0 Å². The first-order valence-electron chi connectivity index (χ1n) is 14.0. The van der Waals surface area contributed by atoms with Crippen LogP contribution in [0.15, 0.2) is 76.5 Å². The lowest BCUT2D eigenvalue weighted by Gasteiger charge is -2.33. The summed E-state index contributed by atoms with van der Waals surface area (Å²) in [6.45, 7) is 5.70. The highest BCUT2D eigenvalue weighted by molar-refractivity contribution is 7.98. The lowest BCUT2D eigenvalue weighted by atomic mass is 10.1. The van der Waals surface area contributed by atoms with Crippen LogP contribution in [0.5, 0.6) is 5.75 Å². The lowest BCUT2D eigenvalue weighted by Crippen LogP contribution is -2.52. The van der Waals surface area contributed by atoms with Gasteiger partial charge in [0, 0.05) is 18.0 Å². The van der Waals surface area contributed by atoms with Gasteiger partial charge >= 0.3 is 0 Å². The quantitative estimate of drug-likeness (QED) is 0.183. The number of carbonyl (C=O) groups is 2. The molecule has 3 aromatic rings. The van der Waals surface area contributed by atoms with E-state index < -0.39 is 28.5 Å². The second kappa shape index (κ2) is 16.2. The molecule has 0 unspecified atom stereocenters. The van der Waals surface area contributed by atoms with Gasteiger partial charge in [0.25, 0.3) is 10.0 Å². The number of anilines is 1. The Morgan fingerprint density at radius 3 is 2.28 bits per heavy atom. The molecule has 8 nitrogen and oxygen atoms in total. The van der Waals surface area contributed by atoms with Gasteiger partial charge in [0.05, 0.1) is 27.2 Å². The first-order valence-corrected chi connectivity index (χ1v) is 17.4. The average molecular weight is 667 g/mol. The largest absolute Gasteiger partial charge is 0.492 e. The van der Waals surface area contributed by atoms with Crippen LogP contribution in [0, 0.1) is 0 Å². The number of nitrogens with one attached hydrogen (secondary N) is 1. The van der Waals surface area contributed by atoms with E-state index in [2.05, 4.69) is 5.32 Å². The molecule has 232 valence electrons. The number of ether oxygens (including phenoxy) is 1. The first-order chi connectivity index (χ1) is 20.6. The van der Waals surface area contributed by atoms with Crippen LogP contribution in [-0.2, 0) is 26.2 Å². The fraction of sp³-hybridized carbons (Fsp3) is 0.355. The van der Waals surface area contributed by atoms with Crippen molar-refractivity contribution in [3.05, 3.63) is 82.3 Å². The van der Waals surface area contributed by atoms with E-state index in [9.17, 15) is 18.0 Å². The third-order valence-corrected chi connectivity index (χ3v) is 9.89. The third kappa shape index (κ3) is 8.81. The molecule has 0 fully saturated rings. The van der Waals surface area contributed by atoms with Crippen molar-refractivity contribution >= 4 is 62.5 Å². The molecule has 43 heavy (non-hydrogen) atoms. The van der Waals surface area contributed by atoms with Crippen LogP contribution in [0.3, 0.4) is 0 Å². The van der Waals surface area contributed by atoms with Crippen LogP contribution in [-0.4, -0.2) is 57.1 Å². The topological polar surface area (TPSA) is 96.0 Å². The van der Waals surface area contributed by atoms with Crippen molar-refractivity contribution in [2.45, 2.75) is 56.0 Å². The summed E-state index contributed by atoms with van der Waals surface area (Å²) in [6, 6.07) is 17.2. The van der Waals surface area contributed by atoms with Crippen molar-refractivity contribution in [3.63, 3.8) is 0 Å². The standard InChI is InChI=1S/C31H37Cl2N3O5S2/c1-5-18-34-31(38)27(6-2)35(20-22-12-17-25(32)26(33)19-22)30(37)21-36(28-10-8-9-11-29(28)41-7-3)43(39,40)24-15-13-23(42-4)14-16-24/h8-17,19,27H,5-7,18,20-21H2,1-4H3,(H,34,38)/t27-/m1/s1. The summed E-state index contributed by atoms with van der Waals surface area (Å²) in [6.07, 6.45) is 2.93. The van der Waals surface area contributed by atoms with Gasteiger partial charge in [-0.05, 0) is 80.1 Å². The SMILES string of the molecule is CCCNC(=O)[C@@H](CC)N(Cc1ccc(Cl)c(Cl)c1)C(=O)CN(c1ccccc1OCC)S(=O)(=O)c1ccc(SC)cc1. The van der Waals surface area contributed by atoms with E-state index in [1.807, 2.05) is 13.2 Å². The van der Waals surface area contributed by atoms with Gasteiger partial charge < -0.3 is 15.0 Å². The number of hydrogen-bond donors (Lipinski definition) is 1. The Morgan fingerprint density at radius 1 is 0.977 bits per heavy atom. The van der Waals surface area contributed by atoms with Crippen LogP contribution < -0.4 is 14.4 Å². The molecule has 0 aliphatic rings. The Kier molecular flexibility index (Phi) is 13.1. The smallest absolute Gasteiger partial charge is 0.264 e. The highest BCUT2D eigenvalue weighted by atomic mass is 35.5. The zero-order valence-corrected chi connectivity index (χ0v) is 27.8. The number of hydrogen-bond acceptors (Lipinski definition) is 6. The second-order valence-electron chi connectivity index (χ2n) is 9.57. The Labute approximate surface area is 268 Å². The number of benzene rings is 3. The molecule has 0 spiro atoms. The van der Waals surface area contributed by atoms with Crippen LogP contribution in [0.2, 0.25) is 10.0 Å². The van der Waals surface area contributed by atoms with Gasteiger partial charge in [0.15, 0.2) is 0 Å². The Balaban J connectivity index is 2.12. The fourth-order valence-corrected chi connectivity index (χ4v) is 6.60. The van der Waals surface area contributed by atoms with Crippen molar-refractivity contribution in [2.75, 3.05) is 30.3 Å². The van der Waals surface area contributed by atoms with E-state index in [1.165, 1.54) is 28.8 Å².